The van der Waals surface area contributed by atoms with Gasteiger partial charge in [0.05, 0.1) is 0 Å². The van der Waals surface area contributed by atoms with Crippen LogP contribution in [0.2, 0.25) is 0 Å². The summed E-state index contributed by atoms with van der Waals surface area (Å²) >= 11 is 0. The molecule has 0 spiro atoms. The number of rotatable bonds is 3. The van der Waals surface area contributed by atoms with Gasteiger partial charge in [-0.3, -0.25) is 9.59 Å². The number of carbonyl (C=O) groups excluding carboxylic acids is 2. The number of nitrogens with zero attached hydrogens (tertiary/aromatic N) is 1. The SMILES string of the molecule is CC(C)(O)C#Cc1ccc(C(=O)N2CCC[C@H](C(=O)c3ccc(C(C)(C)C)cc3)C2)cc1. The third-order valence-electron chi connectivity index (χ3n) is 5.76. The Morgan fingerprint density at radius 2 is 1.53 bits per heavy atom. The molecule has 4 heteroatoms. The van der Waals surface area contributed by atoms with Gasteiger partial charge in [-0.1, -0.05) is 56.9 Å². The minimum absolute atomic E-state index is 0.0467. The number of ketones is 1. The molecule has 2 aromatic rings. The molecule has 1 fully saturated rings. The summed E-state index contributed by atoms with van der Waals surface area (Å²) in [6, 6.07) is 15.0. The van der Waals surface area contributed by atoms with Crippen LogP contribution in [0, 0.1) is 17.8 Å². The van der Waals surface area contributed by atoms with Crippen molar-refractivity contribution in [3.63, 3.8) is 0 Å². The molecular weight excluding hydrogens is 398 g/mol. The van der Waals surface area contributed by atoms with E-state index < -0.39 is 5.60 Å². The van der Waals surface area contributed by atoms with Gasteiger partial charge in [-0.05, 0) is 61.9 Å². The first-order valence-electron chi connectivity index (χ1n) is 11.2. The van der Waals surface area contributed by atoms with Gasteiger partial charge in [0.1, 0.15) is 5.60 Å². The highest BCUT2D eigenvalue weighted by molar-refractivity contribution is 5.99. The van der Waals surface area contributed by atoms with Gasteiger partial charge in [0.2, 0.25) is 0 Å². The van der Waals surface area contributed by atoms with Gasteiger partial charge in [0.15, 0.2) is 5.78 Å². The summed E-state index contributed by atoms with van der Waals surface area (Å²) in [6.07, 6.45) is 1.62. The lowest BCUT2D eigenvalue weighted by Crippen LogP contribution is -2.42. The normalized spacial score (nSPS) is 16.8. The van der Waals surface area contributed by atoms with E-state index in [-0.39, 0.29) is 23.0 Å². The van der Waals surface area contributed by atoms with E-state index in [0.29, 0.717) is 24.2 Å². The van der Waals surface area contributed by atoms with Crippen LogP contribution < -0.4 is 0 Å². The molecule has 1 heterocycles. The van der Waals surface area contributed by atoms with Crippen molar-refractivity contribution < 1.29 is 14.7 Å². The highest BCUT2D eigenvalue weighted by Crippen LogP contribution is 2.26. The first-order chi connectivity index (χ1) is 14.9. The third-order valence-corrected chi connectivity index (χ3v) is 5.76. The summed E-state index contributed by atoms with van der Waals surface area (Å²) in [5.74, 6) is 5.56. The molecule has 32 heavy (non-hydrogen) atoms. The van der Waals surface area contributed by atoms with Crippen molar-refractivity contribution in [3.8, 4) is 11.8 Å². The van der Waals surface area contributed by atoms with Crippen LogP contribution >= 0.6 is 0 Å². The van der Waals surface area contributed by atoms with Gasteiger partial charge in [0, 0.05) is 35.7 Å². The molecule has 1 amide bonds. The Hall–Kier alpha value is -2.90. The van der Waals surface area contributed by atoms with Gasteiger partial charge >= 0.3 is 0 Å². The molecule has 3 rings (SSSR count). The summed E-state index contributed by atoms with van der Waals surface area (Å²) < 4.78 is 0. The highest BCUT2D eigenvalue weighted by Gasteiger charge is 2.29. The summed E-state index contributed by atoms with van der Waals surface area (Å²) in [4.78, 5) is 27.9. The van der Waals surface area contributed by atoms with Crippen LogP contribution in [-0.2, 0) is 5.41 Å². The average Bonchev–Trinajstić information content (AvgIpc) is 2.76. The van der Waals surface area contributed by atoms with E-state index in [2.05, 4.69) is 32.6 Å². The summed E-state index contributed by atoms with van der Waals surface area (Å²) in [5.41, 5.74) is 2.23. The number of carbonyl (C=O) groups is 2. The van der Waals surface area contributed by atoms with E-state index in [4.69, 9.17) is 0 Å². The summed E-state index contributed by atoms with van der Waals surface area (Å²) in [7, 11) is 0. The van der Waals surface area contributed by atoms with E-state index in [1.165, 1.54) is 5.56 Å². The lowest BCUT2D eigenvalue weighted by molar-refractivity contribution is 0.0637. The quantitative estimate of drug-likeness (QED) is 0.559. The van der Waals surface area contributed by atoms with Crippen LogP contribution in [0.3, 0.4) is 0 Å². The Bertz CT molecular complexity index is 1030. The molecule has 0 aliphatic carbocycles. The smallest absolute Gasteiger partial charge is 0.253 e. The van der Waals surface area contributed by atoms with Gasteiger partial charge in [0.25, 0.3) is 5.91 Å². The second-order valence-electron chi connectivity index (χ2n) is 10.2. The molecular formula is C28H33NO3. The maximum absolute atomic E-state index is 13.1. The number of aliphatic hydroxyl groups is 1. The summed E-state index contributed by atoms with van der Waals surface area (Å²) in [6.45, 7) is 10.8. The van der Waals surface area contributed by atoms with Crippen LogP contribution in [0.4, 0.5) is 0 Å². The fourth-order valence-electron chi connectivity index (χ4n) is 3.85. The van der Waals surface area contributed by atoms with Crippen LogP contribution in [0.15, 0.2) is 48.5 Å². The molecule has 0 radical (unpaired) electrons. The third kappa shape index (κ3) is 6.08. The predicted molar refractivity (Wildman–Crippen MR) is 128 cm³/mol. The molecule has 1 atom stereocenters. The zero-order valence-electron chi connectivity index (χ0n) is 19.7. The molecule has 0 unspecified atom stereocenters. The lowest BCUT2D eigenvalue weighted by Gasteiger charge is -2.32. The van der Waals surface area contributed by atoms with Crippen LogP contribution in [0.1, 0.15) is 79.3 Å². The Labute approximate surface area is 191 Å². The number of hydrogen-bond donors (Lipinski definition) is 1. The van der Waals surface area contributed by atoms with Crippen molar-refractivity contribution in [3.05, 3.63) is 70.8 Å². The van der Waals surface area contributed by atoms with Crippen molar-refractivity contribution in [1.29, 1.82) is 0 Å². The van der Waals surface area contributed by atoms with Crippen molar-refractivity contribution in [2.45, 2.75) is 58.5 Å². The average molecular weight is 432 g/mol. The molecule has 0 saturated carbocycles. The van der Waals surface area contributed by atoms with Crippen molar-refractivity contribution in [2.75, 3.05) is 13.1 Å². The molecule has 1 saturated heterocycles. The maximum Gasteiger partial charge on any atom is 0.253 e. The maximum atomic E-state index is 13.1. The second-order valence-corrected chi connectivity index (χ2v) is 10.2. The molecule has 1 aliphatic heterocycles. The predicted octanol–water partition coefficient (Wildman–Crippen LogP) is 4.84. The molecule has 0 bridgehead atoms. The minimum atomic E-state index is -1.06. The van der Waals surface area contributed by atoms with Crippen molar-refractivity contribution >= 4 is 11.7 Å². The molecule has 1 aliphatic rings. The van der Waals surface area contributed by atoms with E-state index in [9.17, 15) is 14.7 Å². The largest absolute Gasteiger partial charge is 0.378 e. The van der Waals surface area contributed by atoms with Gasteiger partial charge in [-0.25, -0.2) is 0 Å². The van der Waals surface area contributed by atoms with E-state index in [1.807, 2.05) is 24.3 Å². The Morgan fingerprint density at radius 1 is 0.938 bits per heavy atom. The Kier molecular flexibility index (Phi) is 6.91. The van der Waals surface area contributed by atoms with E-state index >= 15 is 0 Å². The van der Waals surface area contributed by atoms with Gasteiger partial charge in [-0.15, -0.1) is 0 Å². The van der Waals surface area contributed by atoms with E-state index in [1.54, 1.807) is 43.0 Å². The number of benzene rings is 2. The number of likely N-dealkylation sites (tertiary alicyclic amines) is 1. The number of piperidine rings is 1. The zero-order valence-corrected chi connectivity index (χ0v) is 19.7. The van der Waals surface area contributed by atoms with Gasteiger partial charge in [-0.2, -0.15) is 0 Å². The van der Waals surface area contributed by atoms with Crippen LogP contribution in [0.5, 0.6) is 0 Å². The first-order valence-corrected chi connectivity index (χ1v) is 11.2. The first kappa shape index (κ1) is 23.8. The Morgan fingerprint density at radius 3 is 2.09 bits per heavy atom. The minimum Gasteiger partial charge on any atom is -0.378 e. The molecule has 1 N–H and O–H groups in total. The molecule has 168 valence electrons. The molecule has 4 nitrogen and oxygen atoms in total. The standard InChI is InChI=1S/C28H33NO3/c1-27(2,3)24-14-12-21(13-15-24)25(30)23-7-6-18-29(19-23)26(31)22-10-8-20(9-11-22)16-17-28(4,5)32/h8-15,23,32H,6-7,18-19H2,1-5H3/t23-/m0/s1. The van der Waals surface area contributed by atoms with Gasteiger partial charge < -0.3 is 10.0 Å². The fourth-order valence-corrected chi connectivity index (χ4v) is 3.85. The Balaban J connectivity index is 1.68. The summed E-state index contributed by atoms with van der Waals surface area (Å²) in [5, 5.41) is 9.73. The topological polar surface area (TPSA) is 57.6 Å². The zero-order chi connectivity index (χ0) is 23.5. The van der Waals surface area contributed by atoms with Crippen LogP contribution in [0.25, 0.3) is 0 Å². The number of Topliss-reactive ketones (excluding diaryl/α,β-unsaturated/α-hetero) is 1. The number of hydrogen-bond acceptors (Lipinski definition) is 3. The molecule has 0 aromatic heterocycles. The number of amides is 1. The van der Waals surface area contributed by atoms with E-state index in [0.717, 1.165) is 18.4 Å². The highest BCUT2D eigenvalue weighted by atomic mass is 16.3. The monoisotopic (exact) mass is 431 g/mol. The van der Waals surface area contributed by atoms with Crippen LogP contribution in [-0.4, -0.2) is 40.4 Å². The van der Waals surface area contributed by atoms with Crippen molar-refractivity contribution in [2.24, 2.45) is 5.92 Å². The molecule has 2 aromatic carbocycles. The van der Waals surface area contributed by atoms with Crippen molar-refractivity contribution in [1.82, 2.24) is 4.90 Å². The second kappa shape index (κ2) is 9.30. The fraction of sp³-hybridized carbons (Fsp3) is 0.429. The lowest BCUT2D eigenvalue weighted by atomic mass is 9.85.